The molecule has 0 atom stereocenters. The van der Waals surface area contributed by atoms with Gasteiger partial charge in [-0.25, -0.2) is 14.4 Å². The molecular formula is C12H9FN2O. The second-order valence-corrected chi connectivity index (χ2v) is 3.33. The number of halogens is 1. The van der Waals surface area contributed by atoms with E-state index in [0.717, 1.165) is 0 Å². The average molecular weight is 216 g/mol. The van der Waals surface area contributed by atoms with Crippen molar-refractivity contribution in [1.82, 2.24) is 9.97 Å². The highest BCUT2D eigenvalue weighted by atomic mass is 19.1. The lowest BCUT2D eigenvalue weighted by atomic mass is 10.2. The van der Waals surface area contributed by atoms with Gasteiger partial charge in [-0.2, -0.15) is 0 Å². The minimum Gasteiger partial charge on any atom is -0.298 e. The molecule has 0 saturated carbocycles. The SMILES string of the molecule is Cc1nc(-c2ccccc2F)ncc1C=O. The zero-order chi connectivity index (χ0) is 11.5. The van der Waals surface area contributed by atoms with E-state index in [0.29, 0.717) is 28.9 Å². The quantitative estimate of drug-likeness (QED) is 0.724. The monoisotopic (exact) mass is 216 g/mol. The van der Waals surface area contributed by atoms with Gasteiger partial charge < -0.3 is 0 Å². The van der Waals surface area contributed by atoms with E-state index < -0.39 is 0 Å². The molecular weight excluding hydrogens is 207 g/mol. The largest absolute Gasteiger partial charge is 0.298 e. The normalized spacial score (nSPS) is 10.1. The average Bonchev–Trinajstić information content (AvgIpc) is 2.29. The van der Waals surface area contributed by atoms with Crippen molar-refractivity contribution >= 4 is 6.29 Å². The van der Waals surface area contributed by atoms with Gasteiger partial charge in [0, 0.05) is 6.20 Å². The summed E-state index contributed by atoms with van der Waals surface area (Å²) in [5, 5.41) is 0. The summed E-state index contributed by atoms with van der Waals surface area (Å²) < 4.78 is 13.4. The fourth-order valence-corrected chi connectivity index (χ4v) is 1.36. The molecule has 0 saturated heterocycles. The van der Waals surface area contributed by atoms with Crippen molar-refractivity contribution in [2.75, 3.05) is 0 Å². The van der Waals surface area contributed by atoms with Gasteiger partial charge in [0.05, 0.1) is 16.8 Å². The molecule has 3 nitrogen and oxygen atoms in total. The van der Waals surface area contributed by atoms with E-state index in [4.69, 9.17) is 0 Å². The maximum absolute atomic E-state index is 13.4. The third kappa shape index (κ3) is 1.82. The van der Waals surface area contributed by atoms with Gasteiger partial charge in [0.15, 0.2) is 12.1 Å². The molecule has 0 spiro atoms. The highest BCUT2D eigenvalue weighted by Crippen LogP contribution is 2.18. The Labute approximate surface area is 92.0 Å². The molecule has 2 rings (SSSR count). The highest BCUT2D eigenvalue weighted by Gasteiger charge is 2.08. The molecule has 0 amide bonds. The van der Waals surface area contributed by atoms with Gasteiger partial charge in [-0.05, 0) is 19.1 Å². The fourth-order valence-electron chi connectivity index (χ4n) is 1.36. The van der Waals surface area contributed by atoms with Crippen molar-refractivity contribution in [2.24, 2.45) is 0 Å². The van der Waals surface area contributed by atoms with Crippen LogP contribution in [0.15, 0.2) is 30.5 Å². The molecule has 0 unspecified atom stereocenters. The van der Waals surface area contributed by atoms with Gasteiger partial charge in [-0.1, -0.05) is 12.1 Å². The first-order valence-electron chi connectivity index (χ1n) is 4.76. The number of carbonyl (C=O) groups is 1. The summed E-state index contributed by atoms with van der Waals surface area (Å²) in [5.74, 6) is -0.0815. The minimum atomic E-state index is -0.374. The van der Waals surface area contributed by atoms with E-state index in [1.165, 1.54) is 12.3 Å². The van der Waals surface area contributed by atoms with Gasteiger partial charge >= 0.3 is 0 Å². The highest BCUT2D eigenvalue weighted by molar-refractivity contribution is 5.76. The van der Waals surface area contributed by atoms with E-state index in [1.807, 2.05) is 0 Å². The van der Waals surface area contributed by atoms with Crippen LogP contribution in [0.3, 0.4) is 0 Å². The number of aldehydes is 1. The van der Waals surface area contributed by atoms with Crippen LogP contribution in [0.2, 0.25) is 0 Å². The van der Waals surface area contributed by atoms with Crippen molar-refractivity contribution in [3.63, 3.8) is 0 Å². The molecule has 0 radical (unpaired) electrons. The lowest BCUT2D eigenvalue weighted by Gasteiger charge is -2.03. The number of hydrogen-bond donors (Lipinski definition) is 0. The molecule has 1 heterocycles. The zero-order valence-corrected chi connectivity index (χ0v) is 8.64. The first-order chi connectivity index (χ1) is 7.72. The Hall–Kier alpha value is -2.10. The van der Waals surface area contributed by atoms with Crippen molar-refractivity contribution in [1.29, 1.82) is 0 Å². The second kappa shape index (κ2) is 4.18. The number of carbonyl (C=O) groups excluding carboxylic acids is 1. The summed E-state index contributed by atoms with van der Waals surface area (Å²) in [6.07, 6.45) is 2.08. The number of benzene rings is 1. The molecule has 0 aliphatic carbocycles. The predicted octanol–water partition coefficient (Wildman–Crippen LogP) is 2.40. The number of aromatic nitrogens is 2. The van der Waals surface area contributed by atoms with Crippen molar-refractivity contribution < 1.29 is 9.18 Å². The van der Waals surface area contributed by atoms with Crippen LogP contribution in [-0.2, 0) is 0 Å². The number of aryl methyl sites for hydroxylation is 1. The summed E-state index contributed by atoms with van der Waals surface area (Å²) in [7, 11) is 0. The van der Waals surface area contributed by atoms with Gasteiger partial charge in [0.25, 0.3) is 0 Å². The van der Waals surface area contributed by atoms with Gasteiger partial charge in [0.2, 0.25) is 0 Å². The molecule has 2 aromatic rings. The zero-order valence-electron chi connectivity index (χ0n) is 8.64. The van der Waals surface area contributed by atoms with E-state index in [9.17, 15) is 9.18 Å². The molecule has 0 aliphatic heterocycles. The van der Waals surface area contributed by atoms with Crippen molar-refractivity contribution in [3.05, 3.63) is 47.5 Å². The summed E-state index contributed by atoms with van der Waals surface area (Å²) in [6, 6.07) is 6.27. The van der Waals surface area contributed by atoms with Crippen LogP contribution in [0.4, 0.5) is 4.39 Å². The Morgan fingerprint density at radius 2 is 2.06 bits per heavy atom. The summed E-state index contributed by atoms with van der Waals surface area (Å²) in [4.78, 5) is 18.6. The third-order valence-corrected chi connectivity index (χ3v) is 2.26. The van der Waals surface area contributed by atoms with Crippen LogP contribution >= 0.6 is 0 Å². The number of nitrogens with zero attached hydrogens (tertiary/aromatic N) is 2. The predicted molar refractivity (Wildman–Crippen MR) is 57.6 cm³/mol. The molecule has 80 valence electrons. The van der Waals surface area contributed by atoms with Crippen LogP contribution < -0.4 is 0 Å². The smallest absolute Gasteiger partial charge is 0.162 e. The van der Waals surface area contributed by atoms with E-state index in [1.54, 1.807) is 25.1 Å². The summed E-state index contributed by atoms with van der Waals surface area (Å²) in [5.41, 5.74) is 1.30. The number of hydrogen-bond acceptors (Lipinski definition) is 3. The molecule has 0 N–H and O–H groups in total. The molecule has 16 heavy (non-hydrogen) atoms. The summed E-state index contributed by atoms with van der Waals surface area (Å²) in [6.45, 7) is 1.69. The maximum Gasteiger partial charge on any atom is 0.162 e. The Kier molecular flexibility index (Phi) is 2.72. The second-order valence-electron chi connectivity index (χ2n) is 3.33. The van der Waals surface area contributed by atoms with Gasteiger partial charge in [0.1, 0.15) is 5.82 Å². The molecule has 1 aromatic carbocycles. The van der Waals surface area contributed by atoms with Crippen LogP contribution in [-0.4, -0.2) is 16.3 Å². The minimum absolute atomic E-state index is 0.293. The Bertz CT molecular complexity index is 540. The van der Waals surface area contributed by atoms with E-state index in [2.05, 4.69) is 9.97 Å². The van der Waals surface area contributed by atoms with Crippen LogP contribution in [0, 0.1) is 12.7 Å². The first-order valence-corrected chi connectivity index (χ1v) is 4.76. The summed E-state index contributed by atoms with van der Waals surface area (Å²) >= 11 is 0. The van der Waals surface area contributed by atoms with Crippen LogP contribution in [0.5, 0.6) is 0 Å². The fraction of sp³-hybridized carbons (Fsp3) is 0.0833. The molecule has 4 heteroatoms. The maximum atomic E-state index is 13.4. The molecule has 1 aromatic heterocycles. The molecule has 0 bridgehead atoms. The van der Waals surface area contributed by atoms with Crippen molar-refractivity contribution in [2.45, 2.75) is 6.92 Å². The van der Waals surface area contributed by atoms with E-state index in [-0.39, 0.29) is 5.82 Å². The van der Waals surface area contributed by atoms with Crippen LogP contribution in [0.1, 0.15) is 16.1 Å². The van der Waals surface area contributed by atoms with Crippen molar-refractivity contribution in [3.8, 4) is 11.4 Å². The molecule has 0 aliphatic rings. The lowest BCUT2D eigenvalue weighted by Crippen LogP contribution is -1.98. The van der Waals surface area contributed by atoms with Gasteiger partial charge in [-0.3, -0.25) is 4.79 Å². The van der Waals surface area contributed by atoms with E-state index >= 15 is 0 Å². The molecule has 0 fully saturated rings. The Morgan fingerprint density at radius 1 is 1.31 bits per heavy atom. The van der Waals surface area contributed by atoms with Gasteiger partial charge in [-0.15, -0.1) is 0 Å². The Balaban J connectivity index is 2.54. The Morgan fingerprint density at radius 3 is 2.69 bits per heavy atom. The van der Waals surface area contributed by atoms with Crippen LogP contribution in [0.25, 0.3) is 11.4 Å². The standard InChI is InChI=1S/C12H9FN2O/c1-8-9(7-16)6-14-12(15-8)10-4-2-3-5-11(10)13/h2-7H,1H3. The topological polar surface area (TPSA) is 42.9 Å². The first kappa shape index (κ1) is 10.4. The lowest BCUT2D eigenvalue weighted by molar-refractivity contribution is 0.112. The third-order valence-electron chi connectivity index (χ3n) is 2.26. The number of rotatable bonds is 2.